The van der Waals surface area contributed by atoms with Crippen LogP contribution >= 0.6 is 7.82 Å². The molecule has 7 heavy (non-hydrogen) atoms. The molecular formula is H7O4PPbSr. The van der Waals surface area contributed by atoms with Crippen LogP contribution in [0.3, 0.4) is 0 Å². The minimum atomic E-state index is -4.64. The molecule has 0 rings (SSSR count). The van der Waals surface area contributed by atoms with Crippen LogP contribution in [-0.4, -0.2) is 87.5 Å². The Kier molecular flexibility index (Phi) is 15.4. The van der Waals surface area contributed by atoms with E-state index in [2.05, 4.69) is 0 Å². The molecule has 0 heterocycles. The van der Waals surface area contributed by atoms with Gasteiger partial charge in [0, 0.05) is 0 Å². The normalized spacial score (nSPS) is 8.43. The zero-order valence-electron chi connectivity index (χ0n) is 5.61. The molecule has 0 aromatic heterocycles. The Morgan fingerprint density at radius 3 is 1.29 bits per heavy atom. The summed E-state index contributed by atoms with van der Waals surface area (Å²) in [6.07, 6.45) is 0. The molecule has 0 saturated heterocycles. The second-order valence-electron chi connectivity index (χ2n) is 0.513. The average Bonchev–Trinajstić information content (AvgIpc) is 0.722. The van der Waals surface area contributed by atoms with Crippen LogP contribution < -0.4 is 0 Å². The molecule has 0 fully saturated rings. The van der Waals surface area contributed by atoms with E-state index in [1.54, 1.807) is 0 Å². The monoisotopic (exact) mass is 398 g/mol. The molecule has 0 amide bonds. The van der Waals surface area contributed by atoms with Gasteiger partial charge in [-0.2, -0.15) is 0 Å². The summed E-state index contributed by atoms with van der Waals surface area (Å²) in [4.78, 5) is 21.6. The number of rotatable bonds is 0. The van der Waals surface area contributed by atoms with E-state index in [1.165, 1.54) is 0 Å². The maximum absolute atomic E-state index is 8.88. The standard InChI is InChI=1S/H3O4P.Pb.Sr.4H/c1-5(2,3)4;;;;;;/h(H3,1,2,3,4);;;;;;/q;;+2;;;2*-1. The first-order chi connectivity index (χ1) is 2.00. The van der Waals surface area contributed by atoms with Gasteiger partial charge in [0.25, 0.3) is 0 Å². The third-order valence-corrected chi connectivity index (χ3v) is 0. The Hall–Kier alpha value is 2.51. The number of hydrogen-bond acceptors (Lipinski definition) is 1. The zero-order valence-corrected chi connectivity index (χ0v) is 13.5. The Morgan fingerprint density at radius 2 is 1.29 bits per heavy atom. The topological polar surface area (TPSA) is 77.8 Å². The SMILES string of the molecule is O=P(O)(O)O.[H-].[H-].[PbH2].[Sr+2]. The summed E-state index contributed by atoms with van der Waals surface area (Å²) in [6.45, 7) is 0. The summed E-state index contributed by atoms with van der Waals surface area (Å²) in [5, 5.41) is 0. The van der Waals surface area contributed by atoms with Crippen LogP contribution in [0.4, 0.5) is 0 Å². The van der Waals surface area contributed by atoms with Gasteiger partial charge in [0.1, 0.15) is 0 Å². The first-order valence-corrected chi connectivity index (χ1v) is 2.35. The maximum atomic E-state index is 8.88. The minimum Gasteiger partial charge on any atom is 2.00 e. The molecule has 0 bridgehead atoms. The van der Waals surface area contributed by atoms with Crippen LogP contribution in [0, 0.1) is 0 Å². The van der Waals surface area contributed by atoms with E-state index < -0.39 is 7.82 Å². The van der Waals surface area contributed by atoms with Crippen molar-refractivity contribution in [3.8, 4) is 0 Å². The predicted molar refractivity (Wildman–Crippen MR) is 30.8 cm³/mol. The molecule has 7 heteroatoms. The fourth-order valence-corrected chi connectivity index (χ4v) is 0. The van der Waals surface area contributed by atoms with E-state index in [1.807, 2.05) is 0 Å². The molecule has 3 N–H and O–H groups in total. The second-order valence-corrected chi connectivity index (χ2v) is 1.54. The number of hydrogen-bond donors (Lipinski definition) is 3. The van der Waals surface area contributed by atoms with E-state index in [-0.39, 0.29) is 75.6 Å². The Labute approximate surface area is 101 Å². The largest absolute Gasteiger partial charge is 2.00 e. The minimum absolute atomic E-state index is 0. The van der Waals surface area contributed by atoms with Crippen molar-refractivity contribution < 1.29 is 22.1 Å². The molecule has 0 unspecified atom stereocenters. The van der Waals surface area contributed by atoms with Crippen molar-refractivity contribution in [2.24, 2.45) is 0 Å². The molecule has 0 aliphatic carbocycles. The molecule has 0 aromatic carbocycles. The van der Waals surface area contributed by atoms with Crippen molar-refractivity contribution >= 4 is 80.6 Å². The smallest absolute Gasteiger partial charge is 2.00 e. The van der Waals surface area contributed by atoms with Gasteiger partial charge in [-0.1, -0.05) is 0 Å². The average molecular weight is 397 g/mol. The molecule has 0 spiro atoms. The van der Waals surface area contributed by atoms with Crippen molar-refractivity contribution in [1.29, 1.82) is 0 Å². The molecule has 0 aliphatic heterocycles. The van der Waals surface area contributed by atoms with E-state index in [0.29, 0.717) is 0 Å². The molecular weight excluding hydrogens is 390 g/mol. The molecule has 2 radical (unpaired) electrons. The van der Waals surface area contributed by atoms with Gasteiger partial charge in [-0.25, -0.2) is 4.57 Å². The summed E-state index contributed by atoms with van der Waals surface area (Å²) >= 11 is 0. The van der Waals surface area contributed by atoms with Crippen molar-refractivity contribution in [2.45, 2.75) is 0 Å². The Balaban J connectivity index is -0.0000000133. The van der Waals surface area contributed by atoms with Gasteiger partial charge >= 0.3 is 80.6 Å². The van der Waals surface area contributed by atoms with Gasteiger partial charge in [-0.15, -0.1) is 0 Å². The third-order valence-electron chi connectivity index (χ3n) is 0. The van der Waals surface area contributed by atoms with Gasteiger partial charge in [0.15, 0.2) is 0 Å². The molecule has 0 atom stereocenters. The first-order valence-electron chi connectivity index (χ1n) is 0.783. The molecule has 42 valence electrons. The van der Waals surface area contributed by atoms with Crippen molar-refractivity contribution in [1.82, 2.24) is 0 Å². The summed E-state index contributed by atoms with van der Waals surface area (Å²) in [6, 6.07) is 0. The number of phosphoric acid groups is 1. The predicted octanol–water partition coefficient (Wildman–Crippen LogP) is -2.00. The summed E-state index contributed by atoms with van der Waals surface area (Å²) in [5.41, 5.74) is 0. The summed E-state index contributed by atoms with van der Waals surface area (Å²) in [7, 11) is -4.64. The van der Waals surface area contributed by atoms with Crippen LogP contribution in [0.2, 0.25) is 0 Å². The van der Waals surface area contributed by atoms with Gasteiger partial charge in [0.2, 0.25) is 0 Å². The first kappa shape index (κ1) is 16.3. The van der Waals surface area contributed by atoms with Crippen LogP contribution in [0.5, 0.6) is 0 Å². The Bertz CT molecular complexity index is 64.7. The summed E-state index contributed by atoms with van der Waals surface area (Å²) in [5.74, 6) is 0. The van der Waals surface area contributed by atoms with Crippen molar-refractivity contribution in [3.63, 3.8) is 0 Å². The third kappa shape index (κ3) is 57.2. The van der Waals surface area contributed by atoms with Crippen LogP contribution in [0.15, 0.2) is 0 Å². The molecule has 0 aromatic rings. The molecule has 0 aliphatic rings. The Morgan fingerprint density at radius 1 is 1.29 bits per heavy atom. The fourth-order valence-electron chi connectivity index (χ4n) is 0. The molecule has 0 saturated carbocycles. The van der Waals surface area contributed by atoms with E-state index >= 15 is 0 Å². The maximum Gasteiger partial charge on any atom is 2.00 e. The van der Waals surface area contributed by atoms with Crippen LogP contribution in [0.25, 0.3) is 0 Å². The van der Waals surface area contributed by atoms with Gasteiger partial charge in [0.05, 0.1) is 0 Å². The van der Waals surface area contributed by atoms with E-state index in [9.17, 15) is 0 Å². The van der Waals surface area contributed by atoms with Gasteiger partial charge < -0.3 is 17.5 Å². The fraction of sp³-hybridized carbons (Fsp3) is 0. The van der Waals surface area contributed by atoms with E-state index in [4.69, 9.17) is 19.2 Å². The van der Waals surface area contributed by atoms with Crippen LogP contribution in [-0.2, 0) is 4.57 Å². The van der Waals surface area contributed by atoms with Gasteiger partial charge in [-0.3, -0.25) is 0 Å². The van der Waals surface area contributed by atoms with Crippen molar-refractivity contribution in [3.05, 3.63) is 0 Å². The second kappa shape index (κ2) is 6.63. The quantitative estimate of drug-likeness (QED) is 0.327. The zero-order chi connectivity index (χ0) is 4.50. The van der Waals surface area contributed by atoms with Crippen LogP contribution in [0.1, 0.15) is 2.85 Å². The van der Waals surface area contributed by atoms with Crippen molar-refractivity contribution in [2.75, 3.05) is 0 Å². The van der Waals surface area contributed by atoms with Gasteiger partial charge in [-0.05, 0) is 0 Å². The molecule has 4 nitrogen and oxygen atoms in total. The summed E-state index contributed by atoms with van der Waals surface area (Å²) < 4.78 is 8.88. The van der Waals surface area contributed by atoms with E-state index in [0.717, 1.165) is 0 Å².